The van der Waals surface area contributed by atoms with Gasteiger partial charge in [-0.25, -0.2) is 0 Å². The van der Waals surface area contributed by atoms with Gasteiger partial charge < -0.3 is 10.0 Å². The largest absolute Gasteiger partial charge is 0.391 e. The van der Waals surface area contributed by atoms with Crippen LogP contribution in [0.3, 0.4) is 0 Å². The number of para-hydroxylation sites is 2. The SMILES string of the molecule is [N-]=[N+]=N[C@H]1CCC[C@H](N2c3ccccc3CCc3ccccc32)[C@@H]1O. The summed E-state index contributed by atoms with van der Waals surface area (Å²) in [7, 11) is 0. The molecular weight excluding hydrogens is 312 g/mol. The Bertz CT molecular complexity index is 767. The van der Waals surface area contributed by atoms with Gasteiger partial charge in [-0.15, -0.1) is 0 Å². The van der Waals surface area contributed by atoms with Crippen LogP contribution >= 0.6 is 0 Å². The van der Waals surface area contributed by atoms with E-state index in [0.717, 1.165) is 43.5 Å². The molecule has 25 heavy (non-hydrogen) atoms. The average molecular weight is 334 g/mol. The summed E-state index contributed by atoms with van der Waals surface area (Å²) in [6, 6.07) is 16.5. The van der Waals surface area contributed by atoms with E-state index in [9.17, 15) is 5.11 Å². The molecule has 3 atom stereocenters. The van der Waals surface area contributed by atoms with Gasteiger partial charge in [-0.3, -0.25) is 0 Å². The van der Waals surface area contributed by atoms with Gasteiger partial charge >= 0.3 is 0 Å². The molecule has 5 heteroatoms. The molecule has 128 valence electrons. The van der Waals surface area contributed by atoms with Crippen molar-refractivity contribution in [3.63, 3.8) is 0 Å². The quantitative estimate of drug-likeness (QED) is 0.498. The Labute approximate surface area is 147 Å². The van der Waals surface area contributed by atoms with Gasteiger partial charge in [0.25, 0.3) is 0 Å². The number of nitrogens with zero attached hydrogens (tertiary/aromatic N) is 4. The number of anilines is 2. The minimum absolute atomic E-state index is 0.0790. The van der Waals surface area contributed by atoms with E-state index in [1.807, 2.05) is 0 Å². The van der Waals surface area contributed by atoms with E-state index in [-0.39, 0.29) is 12.1 Å². The number of hydrogen-bond donors (Lipinski definition) is 1. The lowest BCUT2D eigenvalue weighted by Gasteiger charge is -2.42. The zero-order valence-corrected chi connectivity index (χ0v) is 14.1. The zero-order chi connectivity index (χ0) is 17.2. The molecule has 1 N–H and O–H groups in total. The molecule has 0 spiro atoms. The molecule has 0 bridgehead atoms. The van der Waals surface area contributed by atoms with Crippen molar-refractivity contribution in [3.05, 3.63) is 70.1 Å². The molecule has 1 saturated carbocycles. The Morgan fingerprint density at radius 3 is 2.16 bits per heavy atom. The van der Waals surface area contributed by atoms with Crippen molar-refractivity contribution < 1.29 is 5.11 Å². The maximum Gasteiger partial charge on any atom is 0.0832 e. The van der Waals surface area contributed by atoms with Crippen molar-refractivity contribution in [2.45, 2.75) is 50.3 Å². The van der Waals surface area contributed by atoms with E-state index < -0.39 is 6.10 Å². The van der Waals surface area contributed by atoms with E-state index in [4.69, 9.17) is 5.53 Å². The molecule has 2 aromatic carbocycles. The number of benzene rings is 2. The minimum Gasteiger partial charge on any atom is -0.391 e. The summed E-state index contributed by atoms with van der Waals surface area (Å²) in [4.78, 5) is 5.24. The highest BCUT2D eigenvalue weighted by molar-refractivity contribution is 5.72. The van der Waals surface area contributed by atoms with Crippen LogP contribution in [0.1, 0.15) is 30.4 Å². The second-order valence-electron chi connectivity index (χ2n) is 6.89. The van der Waals surface area contributed by atoms with Crippen LogP contribution in [0.4, 0.5) is 11.4 Å². The van der Waals surface area contributed by atoms with Crippen LogP contribution < -0.4 is 4.90 Å². The van der Waals surface area contributed by atoms with Crippen LogP contribution in [-0.4, -0.2) is 23.3 Å². The van der Waals surface area contributed by atoms with E-state index in [0.29, 0.717) is 0 Å². The standard InChI is InChI=1S/C20H22N4O/c21-23-22-16-8-5-11-19(20(16)25)24-17-9-3-1-6-14(17)12-13-15-7-2-4-10-18(15)24/h1-4,6-7,9-10,16,19-20,25H,5,8,11-13H2/t16-,19-,20+/m0/s1. The Hall–Kier alpha value is -2.49. The number of aryl methyl sites for hydroxylation is 2. The van der Waals surface area contributed by atoms with Crippen LogP contribution in [-0.2, 0) is 12.8 Å². The predicted octanol–water partition coefficient (Wildman–Crippen LogP) is 4.52. The lowest BCUT2D eigenvalue weighted by Crippen LogP contribution is -2.49. The fourth-order valence-electron chi connectivity index (χ4n) is 4.28. The van der Waals surface area contributed by atoms with Gasteiger partial charge in [0.05, 0.1) is 18.2 Å². The first-order chi connectivity index (χ1) is 12.3. The highest BCUT2D eigenvalue weighted by Gasteiger charge is 2.37. The van der Waals surface area contributed by atoms with Crippen LogP contribution in [0.2, 0.25) is 0 Å². The third-order valence-corrected chi connectivity index (χ3v) is 5.49. The van der Waals surface area contributed by atoms with Gasteiger partial charge in [-0.2, -0.15) is 0 Å². The van der Waals surface area contributed by atoms with Crippen molar-refractivity contribution in [1.82, 2.24) is 0 Å². The maximum absolute atomic E-state index is 10.9. The summed E-state index contributed by atoms with van der Waals surface area (Å²) in [5.74, 6) is 0. The first-order valence-corrected chi connectivity index (χ1v) is 8.97. The summed E-state index contributed by atoms with van der Waals surface area (Å²) in [6.07, 6.45) is 3.91. The summed E-state index contributed by atoms with van der Waals surface area (Å²) in [5, 5.41) is 14.8. The van der Waals surface area contributed by atoms with E-state index in [1.54, 1.807) is 0 Å². The van der Waals surface area contributed by atoms with Gasteiger partial charge in [0.15, 0.2) is 0 Å². The molecule has 2 aromatic rings. The fraction of sp³-hybridized carbons (Fsp3) is 0.400. The van der Waals surface area contributed by atoms with Crippen molar-refractivity contribution in [1.29, 1.82) is 0 Å². The average Bonchev–Trinajstić information content (AvgIpc) is 2.81. The number of fused-ring (bicyclic) bond motifs is 2. The summed E-state index contributed by atoms with van der Waals surface area (Å²) < 4.78 is 0. The number of hydrogen-bond acceptors (Lipinski definition) is 3. The van der Waals surface area contributed by atoms with Crippen molar-refractivity contribution in [3.8, 4) is 0 Å². The Morgan fingerprint density at radius 1 is 0.960 bits per heavy atom. The van der Waals surface area contributed by atoms with Crippen molar-refractivity contribution in [2.24, 2.45) is 5.11 Å². The first kappa shape index (κ1) is 16.0. The summed E-state index contributed by atoms with van der Waals surface area (Å²) >= 11 is 0. The normalized spacial score (nSPS) is 25.3. The number of rotatable bonds is 2. The molecule has 1 aliphatic carbocycles. The third-order valence-electron chi connectivity index (χ3n) is 5.49. The Balaban J connectivity index is 1.83. The van der Waals surface area contributed by atoms with Gasteiger partial charge in [0.2, 0.25) is 0 Å². The van der Waals surface area contributed by atoms with Crippen LogP contribution in [0.15, 0.2) is 53.6 Å². The Morgan fingerprint density at radius 2 is 1.56 bits per heavy atom. The molecular formula is C20H22N4O. The highest BCUT2D eigenvalue weighted by atomic mass is 16.3. The topological polar surface area (TPSA) is 72.2 Å². The monoisotopic (exact) mass is 334 g/mol. The molecule has 2 aliphatic rings. The van der Waals surface area contributed by atoms with E-state index in [1.165, 1.54) is 11.1 Å². The molecule has 1 aliphatic heterocycles. The molecule has 1 heterocycles. The summed E-state index contributed by atoms with van der Waals surface area (Å²) in [6.45, 7) is 0. The number of aliphatic hydroxyl groups excluding tert-OH is 1. The molecule has 0 saturated heterocycles. The first-order valence-electron chi connectivity index (χ1n) is 8.97. The van der Waals surface area contributed by atoms with E-state index in [2.05, 4.69) is 63.5 Å². The lowest BCUT2D eigenvalue weighted by molar-refractivity contribution is 0.0879. The molecule has 0 radical (unpaired) electrons. The molecule has 0 unspecified atom stereocenters. The molecule has 1 fully saturated rings. The van der Waals surface area contributed by atoms with Gasteiger partial charge in [0, 0.05) is 16.3 Å². The smallest absolute Gasteiger partial charge is 0.0832 e. The molecule has 4 rings (SSSR count). The number of aliphatic hydroxyl groups is 1. The predicted molar refractivity (Wildman–Crippen MR) is 99.0 cm³/mol. The van der Waals surface area contributed by atoms with Crippen molar-refractivity contribution in [2.75, 3.05) is 4.90 Å². The van der Waals surface area contributed by atoms with Crippen LogP contribution in [0, 0.1) is 0 Å². The Kier molecular flexibility index (Phi) is 4.35. The summed E-state index contributed by atoms with van der Waals surface area (Å²) in [5.41, 5.74) is 13.8. The van der Waals surface area contributed by atoms with E-state index >= 15 is 0 Å². The molecule has 0 amide bonds. The van der Waals surface area contributed by atoms with Gasteiger partial charge in [-0.05, 0) is 54.5 Å². The molecule has 0 aromatic heterocycles. The fourth-order valence-corrected chi connectivity index (χ4v) is 4.28. The van der Waals surface area contributed by atoms with Crippen LogP contribution in [0.5, 0.6) is 0 Å². The maximum atomic E-state index is 10.9. The molecule has 5 nitrogen and oxygen atoms in total. The second-order valence-corrected chi connectivity index (χ2v) is 6.89. The number of azide groups is 1. The van der Waals surface area contributed by atoms with Gasteiger partial charge in [0.1, 0.15) is 0 Å². The van der Waals surface area contributed by atoms with Crippen molar-refractivity contribution >= 4 is 11.4 Å². The zero-order valence-electron chi connectivity index (χ0n) is 14.1. The lowest BCUT2D eigenvalue weighted by atomic mass is 9.86. The van der Waals surface area contributed by atoms with Gasteiger partial charge in [-0.1, -0.05) is 47.9 Å². The minimum atomic E-state index is -0.663. The van der Waals surface area contributed by atoms with Crippen LogP contribution in [0.25, 0.3) is 10.4 Å². The third kappa shape index (κ3) is 2.86. The second kappa shape index (κ2) is 6.79. The highest BCUT2D eigenvalue weighted by Crippen LogP contribution is 2.41.